The maximum atomic E-state index is 10.3. The predicted octanol–water partition coefficient (Wildman–Crippen LogP) is 2.51. The van der Waals surface area contributed by atoms with E-state index in [-0.39, 0.29) is 17.1 Å². The maximum Gasteiger partial charge on any atom is 0.252 e. The van der Waals surface area contributed by atoms with Gasteiger partial charge < -0.3 is 27.3 Å². The van der Waals surface area contributed by atoms with Gasteiger partial charge >= 0.3 is 0 Å². The molecule has 0 atom stereocenters. The minimum atomic E-state index is -0.126. The summed E-state index contributed by atoms with van der Waals surface area (Å²) >= 11 is 0. The van der Waals surface area contributed by atoms with Crippen molar-refractivity contribution < 1.29 is 5.11 Å². The molecule has 176 valence electrons. The number of hydrogen-bond acceptors (Lipinski definition) is 9. The molecule has 11 nitrogen and oxygen atoms in total. The average Bonchev–Trinajstić information content (AvgIpc) is 3.26. The van der Waals surface area contributed by atoms with Crippen molar-refractivity contribution in [2.24, 2.45) is 0 Å². The maximum absolute atomic E-state index is 10.3. The number of pyridine rings is 1. The number of nitrogens with two attached hydrogens (primary N) is 3. The molecular formula is C24H23N9O2. The van der Waals surface area contributed by atoms with Crippen molar-refractivity contribution in [3.63, 3.8) is 0 Å². The van der Waals surface area contributed by atoms with Crippen LogP contribution in [-0.2, 0) is 0 Å². The van der Waals surface area contributed by atoms with E-state index in [1.54, 1.807) is 24.5 Å². The molecule has 5 aromatic rings. The van der Waals surface area contributed by atoms with Crippen LogP contribution >= 0.6 is 0 Å². The molecule has 0 saturated heterocycles. The van der Waals surface area contributed by atoms with E-state index >= 15 is 0 Å². The highest BCUT2D eigenvalue weighted by Crippen LogP contribution is 2.32. The van der Waals surface area contributed by atoms with Gasteiger partial charge in [-0.2, -0.15) is 15.0 Å². The Hall–Kier alpha value is -5.37. The van der Waals surface area contributed by atoms with E-state index in [4.69, 9.17) is 22.5 Å². The molecule has 0 unspecified atom stereocenters. The fraction of sp³-hybridized carbons (Fsp3) is 0.0417. The number of rotatable bonds is 1. The highest BCUT2D eigenvalue weighted by molar-refractivity contribution is 5.96. The van der Waals surface area contributed by atoms with Gasteiger partial charge in [-0.05, 0) is 36.1 Å². The predicted molar refractivity (Wildman–Crippen MR) is 135 cm³/mol. The number of aryl methyl sites for hydroxylation is 1. The van der Waals surface area contributed by atoms with E-state index in [1.165, 1.54) is 23.1 Å². The van der Waals surface area contributed by atoms with Gasteiger partial charge in [-0.15, -0.1) is 0 Å². The molecule has 8 N–H and O–H groups in total. The fourth-order valence-corrected chi connectivity index (χ4v) is 2.94. The summed E-state index contributed by atoms with van der Waals surface area (Å²) in [6, 6.07) is 16.2. The summed E-state index contributed by atoms with van der Waals surface area (Å²) < 4.78 is 1.32. The van der Waals surface area contributed by atoms with E-state index in [0.29, 0.717) is 22.9 Å². The third-order valence-electron chi connectivity index (χ3n) is 4.73. The lowest BCUT2D eigenvalue weighted by Crippen LogP contribution is -2.06. The van der Waals surface area contributed by atoms with E-state index in [9.17, 15) is 9.90 Å². The third-order valence-corrected chi connectivity index (χ3v) is 4.73. The molecule has 0 radical (unpaired) electrons. The topological polar surface area (TPSA) is 199 Å². The Labute approximate surface area is 200 Å². The lowest BCUT2D eigenvalue weighted by molar-refractivity contribution is 0.474. The molecule has 35 heavy (non-hydrogen) atoms. The monoisotopic (exact) mass is 469 g/mol. The largest absolute Gasteiger partial charge is 0.505 e. The van der Waals surface area contributed by atoms with Gasteiger partial charge in [0.1, 0.15) is 23.2 Å². The number of nitrogens with zero attached hydrogens (tertiary/aromatic N) is 5. The Morgan fingerprint density at radius 1 is 1.06 bits per heavy atom. The van der Waals surface area contributed by atoms with E-state index < -0.39 is 0 Å². The summed E-state index contributed by atoms with van der Waals surface area (Å²) in [7, 11) is 0. The Kier molecular flexibility index (Phi) is 7.61. The zero-order valence-corrected chi connectivity index (χ0v) is 18.8. The van der Waals surface area contributed by atoms with Crippen molar-refractivity contribution in [1.29, 1.82) is 5.26 Å². The zero-order chi connectivity index (χ0) is 25.4. The number of phenols is 1. The number of aromatic amines is 1. The van der Waals surface area contributed by atoms with Crippen molar-refractivity contribution in [3.8, 4) is 17.8 Å². The molecule has 3 heterocycles. The molecule has 0 aliphatic heterocycles. The number of benzene rings is 2. The number of fused-ring (bicyclic) bond motifs is 1. The van der Waals surface area contributed by atoms with Crippen LogP contribution in [0, 0.1) is 18.3 Å². The minimum absolute atomic E-state index is 0.126. The lowest BCUT2D eigenvalue weighted by atomic mass is 10.0. The molecule has 0 amide bonds. The fourth-order valence-electron chi connectivity index (χ4n) is 2.94. The van der Waals surface area contributed by atoms with Crippen molar-refractivity contribution >= 4 is 28.0 Å². The van der Waals surface area contributed by atoms with Crippen molar-refractivity contribution in [2.75, 3.05) is 17.2 Å². The first-order chi connectivity index (χ1) is 16.8. The normalized spacial score (nSPS) is 9.83. The summed E-state index contributed by atoms with van der Waals surface area (Å²) in [6.45, 7) is 1.85. The molecule has 5 rings (SSSR count). The van der Waals surface area contributed by atoms with Crippen LogP contribution in [0.5, 0.6) is 5.75 Å². The van der Waals surface area contributed by atoms with Gasteiger partial charge in [0.15, 0.2) is 0 Å². The van der Waals surface area contributed by atoms with E-state index in [0.717, 1.165) is 16.3 Å². The first-order valence-electron chi connectivity index (χ1n) is 10.2. The SMILES string of the molecule is Cc1cc2ccccc2c(N)c1O.N#Cc1cnn(-c2ncccn2)c1N.Nc1ccc(=O)[nH]c1. The van der Waals surface area contributed by atoms with Crippen LogP contribution in [0.25, 0.3) is 16.7 Å². The molecule has 0 saturated carbocycles. The lowest BCUT2D eigenvalue weighted by Gasteiger charge is -2.06. The second-order valence-corrected chi connectivity index (χ2v) is 7.18. The quantitative estimate of drug-likeness (QED) is 0.181. The Balaban J connectivity index is 0.000000152. The Morgan fingerprint density at radius 2 is 1.77 bits per heavy atom. The van der Waals surface area contributed by atoms with Crippen LogP contribution in [0.4, 0.5) is 17.2 Å². The average molecular weight is 470 g/mol. The van der Waals surface area contributed by atoms with Gasteiger partial charge in [0.25, 0.3) is 5.95 Å². The first-order valence-corrected chi connectivity index (χ1v) is 10.2. The molecule has 11 heteroatoms. The summed E-state index contributed by atoms with van der Waals surface area (Å²) in [5.41, 5.74) is 18.7. The highest BCUT2D eigenvalue weighted by Gasteiger charge is 2.09. The second kappa shape index (κ2) is 11.0. The number of phenolic OH excluding ortho intramolecular Hbond substituents is 1. The Morgan fingerprint density at radius 3 is 2.37 bits per heavy atom. The van der Waals surface area contributed by atoms with Gasteiger partial charge in [-0.25, -0.2) is 9.97 Å². The van der Waals surface area contributed by atoms with Crippen molar-refractivity contribution in [2.45, 2.75) is 6.92 Å². The molecule has 0 spiro atoms. The zero-order valence-electron chi connectivity index (χ0n) is 18.8. The van der Waals surface area contributed by atoms with Gasteiger partial charge in [0, 0.05) is 35.7 Å². The second-order valence-electron chi connectivity index (χ2n) is 7.18. The van der Waals surface area contributed by atoms with Crippen LogP contribution in [0.3, 0.4) is 0 Å². The number of aromatic nitrogens is 5. The smallest absolute Gasteiger partial charge is 0.252 e. The molecule has 2 aromatic carbocycles. The van der Waals surface area contributed by atoms with Crippen molar-refractivity contribution in [1.82, 2.24) is 24.7 Å². The number of nitrogen functional groups attached to an aromatic ring is 3. The molecule has 3 aromatic heterocycles. The molecule has 0 bridgehead atoms. The number of nitriles is 1. The molecule has 0 fully saturated rings. The molecule has 0 aliphatic rings. The first kappa shape index (κ1) is 24.3. The third kappa shape index (κ3) is 5.91. The number of H-pyrrole nitrogens is 1. The standard InChI is InChI=1S/C11H11NO.C8H6N6.C5H6N2O/c1-7-6-8-4-2-3-5-9(8)10(12)11(7)13;9-4-6-5-13-14(7(6)10)8-11-2-1-3-12-8;6-4-1-2-5(8)7-3-4/h2-6,13H,12H2,1H3;1-3,5H,10H2;1-3H,6H2,(H,7,8). The summed E-state index contributed by atoms with van der Waals surface area (Å²) in [6.07, 6.45) is 6.00. The summed E-state index contributed by atoms with van der Waals surface area (Å²) in [5.74, 6) is 0.795. The van der Waals surface area contributed by atoms with Crippen LogP contribution in [0.15, 0.2) is 78.1 Å². The van der Waals surface area contributed by atoms with E-state index in [2.05, 4.69) is 20.1 Å². The van der Waals surface area contributed by atoms with Crippen molar-refractivity contribution in [3.05, 3.63) is 94.8 Å². The Bertz CT molecular complexity index is 1520. The van der Waals surface area contributed by atoms with E-state index in [1.807, 2.05) is 43.3 Å². The van der Waals surface area contributed by atoms with Crippen LogP contribution in [0.2, 0.25) is 0 Å². The van der Waals surface area contributed by atoms with Gasteiger partial charge in [-0.3, -0.25) is 4.79 Å². The molecular weight excluding hydrogens is 446 g/mol. The summed E-state index contributed by atoms with van der Waals surface area (Å²) in [5, 5.41) is 24.1. The van der Waals surface area contributed by atoms with Gasteiger partial charge in [0.05, 0.1) is 11.9 Å². The summed E-state index contributed by atoms with van der Waals surface area (Å²) in [4.78, 5) is 20.6. The van der Waals surface area contributed by atoms with Crippen LogP contribution < -0.4 is 22.8 Å². The van der Waals surface area contributed by atoms with Gasteiger partial charge in [-0.1, -0.05) is 24.3 Å². The van der Waals surface area contributed by atoms with Gasteiger partial charge in [0.2, 0.25) is 5.56 Å². The number of anilines is 3. The number of hydrogen-bond donors (Lipinski definition) is 5. The number of aromatic hydroxyl groups is 1. The molecule has 0 aliphatic carbocycles. The van der Waals surface area contributed by atoms with Crippen LogP contribution in [-0.4, -0.2) is 29.8 Å². The highest BCUT2D eigenvalue weighted by atomic mass is 16.3. The minimum Gasteiger partial charge on any atom is -0.505 e. The van der Waals surface area contributed by atoms with Crippen LogP contribution in [0.1, 0.15) is 11.1 Å². The number of nitrogens with one attached hydrogen (secondary N) is 1.